The molecule has 0 fully saturated rings. The van der Waals surface area contributed by atoms with Gasteiger partial charge in [-0.3, -0.25) is 0 Å². The lowest BCUT2D eigenvalue weighted by molar-refractivity contribution is 0.176. The molecule has 3 rings (SSSR count). The van der Waals surface area contributed by atoms with Crippen LogP contribution in [0, 0.1) is 0 Å². The fourth-order valence-electron chi connectivity index (χ4n) is 1.91. The number of aromatic nitrogens is 2. The standard InChI is InChI=1S/C16H12BrClN2O2/c1-10(21-14-4-2-3-13(18)9-14)16-19-15(20-22-16)11-5-7-12(17)8-6-11/h2-10H,1H3/t10-/m1/s1. The summed E-state index contributed by atoms with van der Waals surface area (Å²) in [6, 6.07) is 14.9. The molecule has 1 atom stereocenters. The second-order valence-corrected chi connectivity index (χ2v) is 6.03. The molecule has 0 unspecified atom stereocenters. The fourth-order valence-corrected chi connectivity index (χ4v) is 2.36. The van der Waals surface area contributed by atoms with E-state index < -0.39 is 0 Å². The second kappa shape index (κ2) is 6.50. The van der Waals surface area contributed by atoms with E-state index in [0.717, 1.165) is 10.0 Å². The minimum Gasteiger partial charge on any atom is -0.481 e. The molecule has 0 aliphatic carbocycles. The van der Waals surface area contributed by atoms with Crippen molar-refractivity contribution in [3.8, 4) is 17.1 Å². The van der Waals surface area contributed by atoms with Crippen molar-refractivity contribution in [3.63, 3.8) is 0 Å². The predicted octanol–water partition coefficient (Wildman–Crippen LogP) is 5.29. The molecule has 0 saturated heterocycles. The molecular weight excluding hydrogens is 368 g/mol. The topological polar surface area (TPSA) is 48.2 Å². The minimum atomic E-state index is -0.366. The van der Waals surface area contributed by atoms with Crippen molar-refractivity contribution in [2.45, 2.75) is 13.0 Å². The van der Waals surface area contributed by atoms with Gasteiger partial charge in [0, 0.05) is 15.1 Å². The SMILES string of the molecule is C[C@@H](Oc1cccc(Cl)c1)c1nc(-c2ccc(Br)cc2)no1. The molecule has 0 aliphatic heterocycles. The quantitative estimate of drug-likeness (QED) is 0.618. The largest absolute Gasteiger partial charge is 0.481 e. The maximum atomic E-state index is 5.94. The Hall–Kier alpha value is -1.85. The summed E-state index contributed by atoms with van der Waals surface area (Å²) in [5, 5.41) is 4.61. The molecule has 0 radical (unpaired) electrons. The first-order valence-electron chi connectivity index (χ1n) is 6.63. The van der Waals surface area contributed by atoms with Gasteiger partial charge in [-0.05, 0) is 49.4 Å². The van der Waals surface area contributed by atoms with E-state index in [1.807, 2.05) is 43.3 Å². The Bertz CT molecular complexity index is 774. The number of hydrogen-bond donors (Lipinski definition) is 0. The van der Waals surface area contributed by atoms with Crippen LogP contribution in [-0.2, 0) is 0 Å². The highest BCUT2D eigenvalue weighted by Crippen LogP contribution is 2.25. The van der Waals surface area contributed by atoms with Crippen LogP contribution in [0.3, 0.4) is 0 Å². The molecule has 1 aromatic heterocycles. The molecular formula is C16H12BrClN2O2. The Kier molecular flexibility index (Phi) is 4.45. The van der Waals surface area contributed by atoms with Crippen LogP contribution in [0.2, 0.25) is 5.02 Å². The molecule has 4 nitrogen and oxygen atoms in total. The highest BCUT2D eigenvalue weighted by atomic mass is 79.9. The van der Waals surface area contributed by atoms with Gasteiger partial charge in [0.15, 0.2) is 6.10 Å². The van der Waals surface area contributed by atoms with Crippen molar-refractivity contribution in [1.29, 1.82) is 0 Å². The third-order valence-electron chi connectivity index (χ3n) is 3.00. The van der Waals surface area contributed by atoms with Gasteiger partial charge in [-0.1, -0.05) is 38.8 Å². The molecule has 0 N–H and O–H groups in total. The first-order valence-corrected chi connectivity index (χ1v) is 7.81. The molecule has 0 bridgehead atoms. The van der Waals surface area contributed by atoms with Crippen molar-refractivity contribution < 1.29 is 9.26 Å². The van der Waals surface area contributed by atoms with Crippen LogP contribution in [0.1, 0.15) is 18.9 Å². The first-order chi connectivity index (χ1) is 10.6. The molecule has 0 amide bonds. The van der Waals surface area contributed by atoms with E-state index in [-0.39, 0.29) is 6.10 Å². The van der Waals surface area contributed by atoms with Crippen molar-refractivity contribution >= 4 is 27.5 Å². The molecule has 3 aromatic rings. The summed E-state index contributed by atoms with van der Waals surface area (Å²) in [5.74, 6) is 1.60. The highest BCUT2D eigenvalue weighted by Gasteiger charge is 2.17. The summed E-state index contributed by atoms with van der Waals surface area (Å²) < 4.78 is 12.0. The van der Waals surface area contributed by atoms with Gasteiger partial charge in [0.25, 0.3) is 5.89 Å². The van der Waals surface area contributed by atoms with E-state index in [9.17, 15) is 0 Å². The Labute approximate surface area is 141 Å². The van der Waals surface area contributed by atoms with Crippen LogP contribution in [0.5, 0.6) is 5.75 Å². The lowest BCUT2D eigenvalue weighted by Gasteiger charge is -2.10. The minimum absolute atomic E-state index is 0.366. The highest BCUT2D eigenvalue weighted by molar-refractivity contribution is 9.10. The van der Waals surface area contributed by atoms with Crippen LogP contribution in [-0.4, -0.2) is 10.1 Å². The smallest absolute Gasteiger partial charge is 0.267 e. The monoisotopic (exact) mass is 378 g/mol. The zero-order chi connectivity index (χ0) is 15.5. The molecule has 6 heteroatoms. The average Bonchev–Trinajstić information content (AvgIpc) is 2.98. The molecule has 2 aromatic carbocycles. The second-order valence-electron chi connectivity index (χ2n) is 4.68. The Morgan fingerprint density at radius 3 is 2.68 bits per heavy atom. The zero-order valence-corrected chi connectivity index (χ0v) is 14.0. The van der Waals surface area contributed by atoms with E-state index in [4.69, 9.17) is 20.9 Å². The number of halogens is 2. The van der Waals surface area contributed by atoms with E-state index in [1.54, 1.807) is 12.1 Å². The molecule has 0 spiro atoms. The van der Waals surface area contributed by atoms with Gasteiger partial charge in [-0.2, -0.15) is 4.98 Å². The predicted molar refractivity (Wildman–Crippen MR) is 87.9 cm³/mol. The van der Waals surface area contributed by atoms with Crippen LogP contribution >= 0.6 is 27.5 Å². The third kappa shape index (κ3) is 3.48. The van der Waals surface area contributed by atoms with E-state index in [0.29, 0.717) is 22.5 Å². The number of ether oxygens (including phenoxy) is 1. The van der Waals surface area contributed by atoms with Gasteiger partial charge in [0.2, 0.25) is 5.82 Å². The molecule has 112 valence electrons. The van der Waals surface area contributed by atoms with Crippen molar-refractivity contribution in [2.24, 2.45) is 0 Å². The maximum Gasteiger partial charge on any atom is 0.267 e. The Morgan fingerprint density at radius 2 is 1.95 bits per heavy atom. The van der Waals surface area contributed by atoms with E-state index in [1.165, 1.54) is 0 Å². The first kappa shape index (κ1) is 15.1. The summed E-state index contributed by atoms with van der Waals surface area (Å²) in [6.07, 6.45) is -0.366. The number of rotatable bonds is 4. The van der Waals surface area contributed by atoms with Crippen molar-refractivity contribution in [1.82, 2.24) is 10.1 Å². The van der Waals surface area contributed by atoms with E-state index >= 15 is 0 Å². The molecule has 1 heterocycles. The number of benzene rings is 2. The maximum absolute atomic E-state index is 5.94. The van der Waals surface area contributed by atoms with Gasteiger partial charge in [0.1, 0.15) is 5.75 Å². The third-order valence-corrected chi connectivity index (χ3v) is 3.76. The fraction of sp³-hybridized carbons (Fsp3) is 0.125. The average molecular weight is 380 g/mol. The summed E-state index contributed by atoms with van der Waals surface area (Å²) in [5.41, 5.74) is 0.883. The summed E-state index contributed by atoms with van der Waals surface area (Å²) >= 11 is 9.33. The van der Waals surface area contributed by atoms with E-state index in [2.05, 4.69) is 26.1 Å². The summed E-state index contributed by atoms with van der Waals surface area (Å²) in [4.78, 5) is 4.38. The van der Waals surface area contributed by atoms with Gasteiger partial charge < -0.3 is 9.26 Å². The summed E-state index contributed by atoms with van der Waals surface area (Å²) in [7, 11) is 0. The van der Waals surface area contributed by atoms with Gasteiger partial charge in [-0.15, -0.1) is 0 Å². The Balaban J connectivity index is 1.76. The zero-order valence-electron chi connectivity index (χ0n) is 11.7. The lowest BCUT2D eigenvalue weighted by Crippen LogP contribution is -2.03. The molecule has 0 saturated carbocycles. The van der Waals surface area contributed by atoms with Crippen LogP contribution in [0.4, 0.5) is 0 Å². The van der Waals surface area contributed by atoms with Crippen LogP contribution < -0.4 is 4.74 Å². The lowest BCUT2D eigenvalue weighted by atomic mass is 10.2. The van der Waals surface area contributed by atoms with Crippen molar-refractivity contribution in [3.05, 3.63) is 63.9 Å². The van der Waals surface area contributed by atoms with Crippen LogP contribution in [0.25, 0.3) is 11.4 Å². The number of hydrogen-bond acceptors (Lipinski definition) is 4. The summed E-state index contributed by atoms with van der Waals surface area (Å²) in [6.45, 7) is 1.85. The molecule has 0 aliphatic rings. The Morgan fingerprint density at radius 1 is 1.18 bits per heavy atom. The van der Waals surface area contributed by atoms with Gasteiger partial charge >= 0.3 is 0 Å². The van der Waals surface area contributed by atoms with Crippen molar-refractivity contribution in [2.75, 3.05) is 0 Å². The van der Waals surface area contributed by atoms with Gasteiger partial charge in [-0.25, -0.2) is 0 Å². The van der Waals surface area contributed by atoms with Gasteiger partial charge in [0.05, 0.1) is 0 Å². The number of nitrogens with zero attached hydrogens (tertiary/aromatic N) is 2. The molecule has 22 heavy (non-hydrogen) atoms. The normalized spacial score (nSPS) is 12.1. The van der Waals surface area contributed by atoms with Crippen LogP contribution in [0.15, 0.2) is 57.5 Å².